The van der Waals surface area contributed by atoms with Gasteiger partial charge >= 0.3 is 19.8 Å². The first kappa shape index (κ1) is 52.9. The summed E-state index contributed by atoms with van der Waals surface area (Å²) in [4.78, 5) is 45.8. The molecule has 0 saturated heterocycles. The number of ether oxygens (including phenoxy) is 1. The van der Waals surface area contributed by atoms with Crippen molar-refractivity contribution in [2.75, 3.05) is 19.8 Å². The zero-order valence-electron chi connectivity index (χ0n) is 34.4. The van der Waals surface area contributed by atoms with Crippen LogP contribution < -0.4 is 5.32 Å². The van der Waals surface area contributed by atoms with Gasteiger partial charge in [-0.1, -0.05) is 132 Å². The lowest BCUT2D eigenvalue weighted by Gasteiger charge is -2.18. The molecule has 0 spiro atoms. The molecule has 11 nitrogen and oxygen atoms in total. The van der Waals surface area contributed by atoms with E-state index in [0.717, 1.165) is 89.9 Å². The summed E-state index contributed by atoms with van der Waals surface area (Å²) < 4.78 is 26.8. The number of amides is 1. The van der Waals surface area contributed by atoms with E-state index in [2.05, 4.69) is 92.1 Å². The number of rotatable bonds is 38. The predicted octanol–water partition coefficient (Wildman–Crippen LogP) is 10.6. The van der Waals surface area contributed by atoms with Crippen molar-refractivity contribution in [2.24, 2.45) is 0 Å². The fourth-order valence-electron chi connectivity index (χ4n) is 5.22. The van der Waals surface area contributed by atoms with E-state index in [1.54, 1.807) is 0 Å². The van der Waals surface area contributed by atoms with Gasteiger partial charge < -0.3 is 25.2 Å². The van der Waals surface area contributed by atoms with Gasteiger partial charge in [-0.15, -0.1) is 0 Å². The van der Waals surface area contributed by atoms with Crippen LogP contribution in [0.3, 0.4) is 0 Å². The molecule has 0 rings (SSSR count). The zero-order valence-corrected chi connectivity index (χ0v) is 35.3. The number of aliphatic hydroxyl groups is 1. The van der Waals surface area contributed by atoms with Gasteiger partial charge in [0.05, 0.1) is 13.2 Å². The van der Waals surface area contributed by atoms with E-state index in [9.17, 15) is 34.1 Å². The van der Waals surface area contributed by atoms with Gasteiger partial charge in [-0.3, -0.25) is 18.6 Å². The molecule has 12 heteroatoms. The zero-order chi connectivity index (χ0) is 41.4. The number of phosphoric acid groups is 1. The van der Waals surface area contributed by atoms with Gasteiger partial charge in [0.1, 0.15) is 12.7 Å². The lowest BCUT2D eigenvalue weighted by atomic mass is 10.1. The Morgan fingerprint density at radius 1 is 0.589 bits per heavy atom. The highest BCUT2D eigenvalue weighted by Crippen LogP contribution is 2.43. The van der Waals surface area contributed by atoms with E-state index in [-0.39, 0.29) is 12.8 Å². The molecule has 0 radical (unpaired) electrons. The van der Waals surface area contributed by atoms with Gasteiger partial charge in [0.15, 0.2) is 6.04 Å². The molecule has 0 aliphatic rings. The Balaban J connectivity index is 3.97. The minimum atomic E-state index is -4.77. The van der Waals surface area contributed by atoms with Crippen molar-refractivity contribution in [3.63, 3.8) is 0 Å². The summed E-state index contributed by atoms with van der Waals surface area (Å²) in [5.41, 5.74) is 0. The van der Waals surface area contributed by atoms with Crippen molar-refractivity contribution < 1.29 is 47.8 Å². The standard InChI is InChI=1S/C44H74NO10P/c1-3-5-7-9-11-13-15-17-18-19-20-21-22-24-26-28-30-32-34-36-43(48)53-37-40(46)38-54-56(51,52)55-39-41(44(49)50)45-42(47)35-33-31-29-27-25-23-16-14-12-10-8-6-4-2/h6,8,11-14,17-18,20-21,23,25,40-41,46H,3-5,7,9-10,15-16,19,22,24,26-39H2,1-2H3,(H,45,47)(H,49,50)(H,51,52)/b8-6-,13-11-,14-12-,18-17-,21-20-,25-23-. The van der Waals surface area contributed by atoms with E-state index in [1.165, 1.54) is 25.7 Å². The van der Waals surface area contributed by atoms with Crippen LogP contribution in [-0.4, -0.2) is 64.9 Å². The number of esters is 1. The number of hydrogen-bond acceptors (Lipinski definition) is 8. The first-order valence-electron chi connectivity index (χ1n) is 21.0. The molecule has 3 atom stereocenters. The van der Waals surface area contributed by atoms with Crippen LogP contribution in [0, 0.1) is 0 Å². The van der Waals surface area contributed by atoms with E-state index in [0.29, 0.717) is 12.8 Å². The van der Waals surface area contributed by atoms with Gasteiger partial charge in [0.2, 0.25) is 5.91 Å². The molecule has 3 unspecified atom stereocenters. The molecular weight excluding hydrogens is 733 g/mol. The average molecular weight is 808 g/mol. The number of nitrogens with one attached hydrogen (secondary N) is 1. The summed E-state index contributed by atoms with van der Waals surface area (Å²) in [7, 11) is -4.77. The Labute approximate surface area is 338 Å². The van der Waals surface area contributed by atoms with Crippen LogP contribution in [0.4, 0.5) is 0 Å². The molecule has 56 heavy (non-hydrogen) atoms. The Morgan fingerprint density at radius 3 is 1.57 bits per heavy atom. The van der Waals surface area contributed by atoms with Crippen LogP contribution in [0.1, 0.15) is 155 Å². The van der Waals surface area contributed by atoms with Crippen molar-refractivity contribution in [3.05, 3.63) is 72.9 Å². The topological polar surface area (TPSA) is 169 Å². The van der Waals surface area contributed by atoms with Crippen LogP contribution in [-0.2, 0) is 32.7 Å². The fourth-order valence-corrected chi connectivity index (χ4v) is 5.99. The van der Waals surface area contributed by atoms with Crippen molar-refractivity contribution in [1.29, 1.82) is 0 Å². The molecule has 0 heterocycles. The number of aliphatic hydroxyl groups excluding tert-OH is 1. The highest BCUT2D eigenvalue weighted by atomic mass is 31.2. The number of carboxylic acids is 1. The fraction of sp³-hybridized carbons (Fsp3) is 0.659. The third-order valence-electron chi connectivity index (χ3n) is 8.48. The van der Waals surface area contributed by atoms with Crippen molar-refractivity contribution >= 4 is 25.7 Å². The minimum Gasteiger partial charge on any atom is -0.480 e. The van der Waals surface area contributed by atoms with Crippen molar-refractivity contribution in [1.82, 2.24) is 5.32 Å². The van der Waals surface area contributed by atoms with Crippen LogP contribution in [0.5, 0.6) is 0 Å². The number of aliphatic carboxylic acids is 1. The Bertz CT molecular complexity index is 1230. The summed E-state index contributed by atoms with van der Waals surface area (Å²) in [5.74, 6) is -2.44. The summed E-state index contributed by atoms with van der Waals surface area (Å²) in [6.45, 7) is 2.39. The van der Waals surface area contributed by atoms with E-state index >= 15 is 0 Å². The van der Waals surface area contributed by atoms with Crippen LogP contribution >= 0.6 is 7.82 Å². The first-order chi connectivity index (χ1) is 27.1. The number of carbonyl (C=O) groups is 3. The molecule has 0 aromatic carbocycles. The second-order valence-corrected chi connectivity index (χ2v) is 15.2. The molecule has 0 saturated carbocycles. The molecule has 320 valence electrons. The lowest BCUT2D eigenvalue weighted by molar-refractivity contribution is -0.147. The predicted molar refractivity (Wildman–Crippen MR) is 226 cm³/mol. The maximum Gasteiger partial charge on any atom is 0.472 e. The number of allylic oxidation sites excluding steroid dienone is 12. The molecule has 0 aromatic heterocycles. The maximum absolute atomic E-state index is 12.2. The summed E-state index contributed by atoms with van der Waals surface area (Å²) >= 11 is 0. The Hall–Kier alpha value is -3.08. The van der Waals surface area contributed by atoms with Crippen molar-refractivity contribution in [3.8, 4) is 0 Å². The highest BCUT2D eigenvalue weighted by Gasteiger charge is 2.28. The van der Waals surface area contributed by atoms with Gasteiger partial charge in [0, 0.05) is 12.8 Å². The number of hydrogen-bond donors (Lipinski definition) is 4. The first-order valence-corrected chi connectivity index (χ1v) is 22.5. The second-order valence-electron chi connectivity index (χ2n) is 13.8. The lowest BCUT2D eigenvalue weighted by Crippen LogP contribution is -2.43. The Kier molecular flexibility index (Phi) is 36.6. The van der Waals surface area contributed by atoms with Crippen LogP contribution in [0.2, 0.25) is 0 Å². The minimum absolute atomic E-state index is 0.106. The van der Waals surface area contributed by atoms with Gasteiger partial charge in [-0.2, -0.15) is 0 Å². The quantitative estimate of drug-likeness (QED) is 0.0204. The number of unbranched alkanes of at least 4 members (excludes halogenated alkanes) is 12. The van der Waals surface area contributed by atoms with Gasteiger partial charge in [-0.25, -0.2) is 9.36 Å². The van der Waals surface area contributed by atoms with E-state index in [1.807, 2.05) is 0 Å². The third-order valence-corrected chi connectivity index (χ3v) is 9.43. The average Bonchev–Trinajstić information content (AvgIpc) is 3.17. The summed E-state index contributed by atoms with van der Waals surface area (Å²) in [5, 5.41) is 21.8. The highest BCUT2D eigenvalue weighted by molar-refractivity contribution is 7.47. The third kappa shape index (κ3) is 37.8. The molecule has 0 bridgehead atoms. The second kappa shape index (κ2) is 38.8. The smallest absolute Gasteiger partial charge is 0.472 e. The molecule has 0 aromatic rings. The maximum atomic E-state index is 12.2. The molecule has 0 aliphatic heterocycles. The van der Waals surface area contributed by atoms with E-state index < -0.39 is 57.6 Å². The summed E-state index contributed by atoms with van der Waals surface area (Å²) in [6.07, 6.45) is 45.0. The molecule has 4 N–H and O–H groups in total. The number of carbonyl (C=O) groups excluding carboxylic acids is 2. The monoisotopic (exact) mass is 808 g/mol. The van der Waals surface area contributed by atoms with Crippen LogP contribution in [0.25, 0.3) is 0 Å². The molecule has 0 fully saturated rings. The van der Waals surface area contributed by atoms with Gasteiger partial charge in [0.25, 0.3) is 0 Å². The Morgan fingerprint density at radius 2 is 1.04 bits per heavy atom. The molecular formula is C44H74NO10P. The normalized spacial score (nSPS) is 14.5. The van der Waals surface area contributed by atoms with Gasteiger partial charge in [-0.05, 0) is 83.5 Å². The van der Waals surface area contributed by atoms with Crippen LogP contribution in [0.15, 0.2) is 72.9 Å². The molecule has 0 aliphatic carbocycles. The number of carboxylic acid groups (broad SMARTS) is 1. The largest absolute Gasteiger partial charge is 0.480 e. The number of phosphoric ester groups is 1. The molecule has 1 amide bonds. The SMILES string of the molecule is CC/C=C\C/C=C\C/C=C\CCCCCC(=O)NC(COP(=O)(O)OCC(O)COC(=O)CCCCCCCC/C=C\C/C=C\C/C=C\CCCCC)C(=O)O. The van der Waals surface area contributed by atoms with E-state index in [4.69, 9.17) is 13.8 Å². The summed E-state index contributed by atoms with van der Waals surface area (Å²) in [6, 6.07) is -1.57. The van der Waals surface area contributed by atoms with Crippen molar-refractivity contribution in [2.45, 2.75) is 167 Å².